The van der Waals surface area contributed by atoms with Crippen LogP contribution in [0.5, 0.6) is 0 Å². The molecule has 0 aromatic rings. The molecule has 0 radical (unpaired) electrons. The van der Waals surface area contributed by atoms with Crippen molar-refractivity contribution >= 4 is 8.56 Å². The van der Waals surface area contributed by atoms with Crippen molar-refractivity contribution in [1.29, 1.82) is 0 Å². The number of hydrogen-bond donors (Lipinski definition) is 0. The maximum Gasteiger partial charge on any atom is 0.343 e. The van der Waals surface area contributed by atoms with E-state index in [2.05, 4.69) is 13.8 Å². The first-order chi connectivity index (χ1) is 7.21. The molecular formula is C12H26O2Si. The number of hydrogen-bond acceptors (Lipinski definition) is 2. The van der Waals surface area contributed by atoms with Gasteiger partial charge in [-0.3, -0.25) is 0 Å². The highest BCUT2D eigenvalue weighted by molar-refractivity contribution is 6.70. The van der Waals surface area contributed by atoms with Crippen LogP contribution in [0.2, 0.25) is 11.1 Å². The van der Waals surface area contributed by atoms with Crippen molar-refractivity contribution in [2.24, 2.45) is 0 Å². The fourth-order valence-corrected chi connectivity index (χ4v) is 7.24. The minimum Gasteiger partial charge on any atom is -0.397 e. The van der Waals surface area contributed by atoms with Crippen LogP contribution < -0.4 is 0 Å². The van der Waals surface area contributed by atoms with E-state index >= 15 is 0 Å². The van der Waals surface area contributed by atoms with Crippen LogP contribution in [0.4, 0.5) is 0 Å². The molecule has 1 atom stereocenters. The molecule has 0 amide bonds. The third-order valence-corrected chi connectivity index (χ3v) is 8.89. The molecule has 1 aliphatic carbocycles. The van der Waals surface area contributed by atoms with E-state index in [1.165, 1.54) is 38.5 Å². The second-order valence-corrected chi connectivity index (χ2v) is 8.84. The Kier molecular flexibility index (Phi) is 5.30. The standard InChI is InChI=1S/C12H26O2Si/c1-5-11(2)15(13-3,14-4)12-9-7-6-8-10-12/h11-12H,5-10H2,1-4H3. The SMILES string of the molecule is CCC(C)[Si](OC)(OC)C1CCCCC1. The van der Waals surface area contributed by atoms with E-state index in [0.29, 0.717) is 5.54 Å². The highest BCUT2D eigenvalue weighted by Gasteiger charge is 2.48. The van der Waals surface area contributed by atoms with Crippen LogP contribution in [-0.4, -0.2) is 22.8 Å². The molecule has 1 rings (SSSR count). The van der Waals surface area contributed by atoms with Crippen LogP contribution >= 0.6 is 0 Å². The van der Waals surface area contributed by atoms with Crippen LogP contribution in [0.1, 0.15) is 52.4 Å². The predicted octanol–water partition coefficient (Wildman–Crippen LogP) is 3.86. The molecule has 0 saturated heterocycles. The monoisotopic (exact) mass is 230 g/mol. The van der Waals surface area contributed by atoms with Gasteiger partial charge in [0.2, 0.25) is 0 Å². The zero-order valence-electron chi connectivity index (χ0n) is 10.7. The maximum atomic E-state index is 5.90. The summed E-state index contributed by atoms with van der Waals surface area (Å²) in [7, 11) is 1.77. The van der Waals surface area contributed by atoms with Crippen molar-refractivity contribution in [2.45, 2.75) is 63.5 Å². The predicted molar refractivity (Wildman–Crippen MR) is 66.3 cm³/mol. The van der Waals surface area contributed by atoms with Gasteiger partial charge in [-0.1, -0.05) is 39.5 Å². The van der Waals surface area contributed by atoms with Crippen LogP contribution in [0.25, 0.3) is 0 Å². The average Bonchev–Trinajstić information content (AvgIpc) is 2.32. The fraction of sp³-hybridized carbons (Fsp3) is 1.00. The molecule has 3 heteroatoms. The third-order valence-electron chi connectivity index (χ3n) is 4.11. The van der Waals surface area contributed by atoms with Gasteiger partial charge in [0.15, 0.2) is 0 Å². The van der Waals surface area contributed by atoms with Gasteiger partial charge in [-0.05, 0) is 18.4 Å². The molecule has 0 aromatic carbocycles. The minimum absolute atomic E-state index is 0.607. The van der Waals surface area contributed by atoms with Gasteiger partial charge in [0, 0.05) is 19.8 Å². The molecule has 0 bridgehead atoms. The summed E-state index contributed by atoms with van der Waals surface area (Å²) in [6.07, 6.45) is 7.93. The van der Waals surface area contributed by atoms with Crippen molar-refractivity contribution < 1.29 is 8.85 Å². The molecule has 1 aliphatic rings. The van der Waals surface area contributed by atoms with Crippen LogP contribution in [0, 0.1) is 0 Å². The Labute approximate surface area is 95.6 Å². The van der Waals surface area contributed by atoms with Crippen LogP contribution in [0.15, 0.2) is 0 Å². The summed E-state index contributed by atoms with van der Waals surface area (Å²) >= 11 is 0. The second kappa shape index (κ2) is 6.02. The minimum atomic E-state index is -1.95. The molecule has 2 nitrogen and oxygen atoms in total. The smallest absolute Gasteiger partial charge is 0.343 e. The number of rotatable bonds is 5. The fourth-order valence-electron chi connectivity index (χ4n) is 3.01. The largest absolute Gasteiger partial charge is 0.397 e. The highest BCUT2D eigenvalue weighted by Crippen LogP contribution is 2.44. The lowest BCUT2D eigenvalue weighted by molar-refractivity contribution is 0.204. The molecule has 1 saturated carbocycles. The van der Waals surface area contributed by atoms with E-state index in [-0.39, 0.29) is 0 Å². The van der Waals surface area contributed by atoms with Gasteiger partial charge in [-0.25, -0.2) is 0 Å². The molecule has 1 unspecified atom stereocenters. The van der Waals surface area contributed by atoms with Crippen molar-refractivity contribution in [2.75, 3.05) is 14.2 Å². The maximum absolute atomic E-state index is 5.90. The molecule has 0 N–H and O–H groups in total. The zero-order chi connectivity index (χ0) is 11.3. The summed E-state index contributed by atoms with van der Waals surface area (Å²) in [6.45, 7) is 4.54. The molecule has 0 heterocycles. The van der Waals surface area contributed by atoms with E-state index in [0.717, 1.165) is 5.54 Å². The summed E-state index contributed by atoms with van der Waals surface area (Å²) in [5.74, 6) is 0. The lowest BCUT2D eigenvalue weighted by atomic mass is 10.0. The molecule has 0 aromatic heterocycles. The first-order valence-corrected chi connectivity index (χ1v) is 8.28. The van der Waals surface area contributed by atoms with Crippen molar-refractivity contribution in [3.8, 4) is 0 Å². The molecule has 0 aliphatic heterocycles. The summed E-state index contributed by atoms with van der Waals surface area (Å²) < 4.78 is 11.8. The first-order valence-electron chi connectivity index (χ1n) is 6.31. The van der Waals surface area contributed by atoms with Gasteiger partial charge in [-0.15, -0.1) is 0 Å². The highest BCUT2D eigenvalue weighted by atomic mass is 28.4. The molecular weight excluding hydrogens is 204 g/mol. The Balaban J connectivity index is 2.77. The Hall–Kier alpha value is 0.137. The van der Waals surface area contributed by atoms with Gasteiger partial charge < -0.3 is 8.85 Å². The lowest BCUT2D eigenvalue weighted by Crippen LogP contribution is -2.49. The van der Waals surface area contributed by atoms with Gasteiger partial charge in [0.25, 0.3) is 0 Å². The topological polar surface area (TPSA) is 18.5 Å². The van der Waals surface area contributed by atoms with E-state index in [1.54, 1.807) is 0 Å². The second-order valence-electron chi connectivity index (χ2n) is 4.77. The van der Waals surface area contributed by atoms with E-state index in [9.17, 15) is 0 Å². The molecule has 1 fully saturated rings. The summed E-state index contributed by atoms with van der Waals surface area (Å²) in [5.41, 5.74) is 1.33. The Morgan fingerprint density at radius 3 is 2.07 bits per heavy atom. The molecule has 90 valence electrons. The summed E-state index contributed by atoms with van der Waals surface area (Å²) in [6, 6.07) is 0. The summed E-state index contributed by atoms with van der Waals surface area (Å²) in [5, 5.41) is 0. The van der Waals surface area contributed by atoms with Crippen LogP contribution in [-0.2, 0) is 8.85 Å². The van der Waals surface area contributed by atoms with Crippen molar-refractivity contribution in [3.63, 3.8) is 0 Å². The Morgan fingerprint density at radius 1 is 1.13 bits per heavy atom. The van der Waals surface area contributed by atoms with Crippen molar-refractivity contribution in [3.05, 3.63) is 0 Å². The first kappa shape index (κ1) is 13.2. The Bertz CT molecular complexity index is 174. The van der Waals surface area contributed by atoms with Crippen LogP contribution in [0.3, 0.4) is 0 Å². The third kappa shape index (κ3) is 2.63. The lowest BCUT2D eigenvalue weighted by Gasteiger charge is -2.41. The zero-order valence-corrected chi connectivity index (χ0v) is 11.7. The molecule has 15 heavy (non-hydrogen) atoms. The van der Waals surface area contributed by atoms with Gasteiger partial charge in [0.05, 0.1) is 0 Å². The van der Waals surface area contributed by atoms with E-state index in [1.807, 2.05) is 14.2 Å². The van der Waals surface area contributed by atoms with E-state index < -0.39 is 8.56 Å². The average molecular weight is 230 g/mol. The van der Waals surface area contributed by atoms with Gasteiger partial charge >= 0.3 is 8.56 Å². The van der Waals surface area contributed by atoms with E-state index in [4.69, 9.17) is 8.85 Å². The Morgan fingerprint density at radius 2 is 1.67 bits per heavy atom. The van der Waals surface area contributed by atoms with Crippen molar-refractivity contribution in [1.82, 2.24) is 0 Å². The summed E-state index contributed by atoms with van der Waals surface area (Å²) in [4.78, 5) is 0. The van der Waals surface area contributed by atoms with Gasteiger partial charge in [0.1, 0.15) is 0 Å². The molecule has 0 spiro atoms. The normalized spacial score (nSPS) is 21.6. The quantitative estimate of drug-likeness (QED) is 0.668. The van der Waals surface area contributed by atoms with Gasteiger partial charge in [-0.2, -0.15) is 0 Å².